The third-order valence-corrected chi connectivity index (χ3v) is 2.91. The van der Waals surface area contributed by atoms with Gasteiger partial charge in [-0.1, -0.05) is 30.3 Å². The van der Waals surface area contributed by atoms with Crippen molar-refractivity contribution < 1.29 is 9.13 Å². The normalized spacial score (nSPS) is 10.2. The minimum atomic E-state index is -0.476. The van der Waals surface area contributed by atoms with Gasteiger partial charge in [-0.25, -0.2) is 4.39 Å². The zero-order valence-electron chi connectivity index (χ0n) is 8.99. The van der Waals surface area contributed by atoms with Crippen molar-refractivity contribution in [2.24, 2.45) is 0 Å². The Bertz CT molecular complexity index is 516. The van der Waals surface area contributed by atoms with E-state index in [1.807, 2.05) is 30.3 Å². The van der Waals surface area contributed by atoms with Gasteiger partial charge < -0.3 is 10.5 Å². The molecule has 0 aromatic heterocycles. The van der Waals surface area contributed by atoms with Crippen LogP contribution in [-0.2, 0) is 6.61 Å². The van der Waals surface area contributed by atoms with Gasteiger partial charge in [0.25, 0.3) is 0 Å². The summed E-state index contributed by atoms with van der Waals surface area (Å²) in [6.07, 6.45) is 0. The van der Waals surface area contributed by atoms with Crippen molar-refractivity contribution in [3.63, 3.8) is 0 Å². The highest BCUT2D eigenvalue weighted by Gasteiger charge is 2.07. The molecule has 0 aliphatic heterocycles. The second kappa shape index (κ2) is 5.19. The van der Waals surface area contributed by atoms with E-state index in [1.54, 1.807) is 0 Å². The molecule has 17 heavy (non-hydrogen) atoms. The van der Waals surface area contributed by atoms with E-state index in [0.29, 0.717) is 16.8 Å². The molecule has 0 saturated heterocycles. The molecule has 0 amide bonds. The zero-order valence-corrected chi connectivity index (χ0v) is 10.6. The van der Waals surface area contributed by atoms with E-state index in [2.05, 4.69) is 15.9 Å². The zero-order chi connectivity index (χ0) is 12.3. The number of benzene rings is 2. The average molecular weight is 296 g/mol. The fourth-order valence-electron chi connectivity index (χ4n) is 1.39. The van der Waals surface area contributed by atoms with Crippen LogP contribution >= 0.6 is 15.9 Å². The summed E-state index contributed by atoms with van der Waals surface area (Å²) in [6.45, 7) is 0.392. The van der Waals surface area contributed by atoms with Crippen LogP contribution in [0.1, 0.15) is 5.56 Å². The van der Waals surface area contributed by atoms with E-state index in [-0.39, 0.29) is 5.69 Å². The third-order valence-electron chi connectivity index (χ3n) is 2.29. The van der Waals surface area contributed by atoms with Crippen LogP contribution < -0.4 is 10.5 Å². The number of nitrogens with two attached hydrogens (primary N) is 1. The molecular weight excluding hydrogens is 285 g/mol. The maximum Gasteiger partial charge on any atom is 0.149 e. The summed E-state index contributed by atoms with van der Waals surface area (Å²) in [4.78, 5) is 0. The lowest BCUT2D eigenvalue weighted by atomic mass is 10.2. The molecule has 0 atom stereocenters. The van der Waals surface area contributed by atoms with Gasteiger partial charge in [-0.2, -0.15) is 0 Å². The van der Waals surface area contributed by atoms with Gasteiger partial charge in [0.05, 0.1) is 10.2 Å². The Labute approximate surface area is 107 Å². The standard InChI is InChI=1S/C13H11BrFNO/c14-10-6-12(16)11(15)7-13(10)17-8-9-4-2-1-3-5-9/h1-7H,8,16H2. The molecule has 2 aromatic rings. The molecule has 0 saturated carbocycles. The number of ether oxygens (including phenoxy) is 1. The number of rotatable bonds is 3. The summed E-state index contributed by atoms with van der Waals surface area (Å²) in [5, 5.41) is 0. The van der Waals surface area contributed by atoms with E-state index < -0.39 is 5.82 Å². The number of anilines is 1. The second-order valence-corrected chi connectivity index (χ2v) is 4.43. The summed E-state index contributed by atoms with van der Waals surface area (Å²) >= 11 is 3.28. The van der Waals surface area contributed by atoms with Gasteiger partial charge in [-0.05, 0) is 27.6 Å². The first-order valence-electron chi connectivity index (χ1n) is 5.08. The van der Waals surface area contributed by atoms with E-state index >= 15 is 0 Å². The molecule has 2 rings (SSSR count). The molecule has 2 aromatic carbocycles. The molecule has 2 nitrogen and oxygen atoms in total. The van der Waals surface area contributed by atoms with Crippen molar-refractivity contribution in [1.29, 1.82) is 0 Å². The van der Waals surface area contributed by atoms with Gasteiger partial charge in [0.2, 0.25) is 0 Å². The first-order valence-corrected chi connectivity index (χ1v) is 5.87. The summed E-state index contributed by atoms with van der Waals surface area (Å²) in [5.41, 5.74) is 6.56. The fraction of sp³-hybridized carbons (Fsp3) is 0.0769. The molecule has 0 spiro atoms. The van der Waals surface area contributed by atoms with Crippen LogP contribution in [0.5, 0.6) is 5.75 Å². The van der Waals surface area contributed by atoms with Crippen LogP contribution in [0.2, 0.25) is 0 Å². The molecule has 0 fully saturated rings. The van der Waals surface area contributed by atoms with Crippen LogP contribution in [0, 0.1) is 5.82 Å². The smallest absolute Gasteiger partial charge is 0.149 e. The quantitative estimate of drug-likeness (QED) is 0.875. The van der Waals surface area contributed by atoms with Crippen molar-refractivity contribution in [1.82, 2.24) is 0 Å². The molecule has 88 valence electrons. The van der Waals surface area contributed by atoms with Gasteiger partial charge in [-0.15, -0.1) is 0 Å². The predicted molar refractivity (Wildman–Crippen MR) is 69.3 cm³/mol. The predicted octanol–water partition coefficient (Wildman–Crippen LogP) is 3.75. The van der Waals surface area contributed by atoms with Gasteiger partial charge in [0.1, 0.15) is 18.2 Å². The molecule has 4 heteroatoms. The molecule has 0 unspecified atom stereocenters. The lowest BCUT2D eigenvalue weighted by molar-refractivity contribution is 0.302. The van der Waals surface area contributed by atoms with Gasteiger partial charge in [0.15, 0.2) is 0 Å². The molecule has 0 aliphatic rings. The Kier molecular flexibility index (Phi) is 3.64. The largest absolute Gasteiger partial charge is 0.488 e. The lowest BCUT2D eigenvalue weighted by Gasteiger charge is -2.09. The molecule has 0 aliphatic carbocycles. The van der Waals surface area contributed by atoms with Crippen molar-refractivity contribution in [3.05, 3.63) is 58.3 Å². The van der Waals surface area contributed by atoms with Crippen LogP contribution in [-0.4, -0.2) is 0 Å². The molecule has 2 N–H and O–H groups in total. The Morgan fingerprint density at radius 1 is 1.18 bits per heavy atom. The monoisotopic (exact) mass is 295 g/mol. The highest BCUT2D eigenvalue weighted by molar-refractivity contribution is 9.10. The van der Waals surface area contributed by atoms with E-state index in [4.69, 9.17) is 10.5 Å². The van der Waals surface area contributed by atoms with Crippen molar-refractivity contribution in [2.75, 3.05) is 5.73 Å². The minimum Gasteiger partial charge on any atom is -0.488 e. The first-order chi connectivity index (χ1) is 8.16. The van der Waals surface area contributed by atoms with Crippen LogP contribution in [0.15, 0.2) is 46.9 Å². The van der Waals surface area contributed by atoms with E-state index in [9.17, 15) is 4.39 Å². The topological polar surface area (TPSA) is 35.2 Å². The van der Waals surface area contributed by atoms with Gasteiger partial charge in [0, 0.05) is 6.07 Å². The van der Waals surface area contributed by atoms with Gasteiger partial charge >= 0.3 is 0 Å². The van der Waals surface area contributed by atoms with Crippen LogP contribution in [0.3, 0.4) is 0 Å². The maximum absolute atomic E-state index is 13.3. The number of nitrogen functional groups attached to an aromatic ring is 1. The van der Waals surface area contributed by atoms with Crippen LogP contribution in [0.25, 0.3) is 0 Å². The summed E-state index contributed by atoms with van der Waals surface area (Å²) < 4.78 is 19.4. The summed E-state index contributed by atoms with van der Waals surface area (Å²) in [5.74, 6) is -0.0307. The Hall–Kier alpha value is -1.55. The van der Waals surface area contributed by atoms with Crippen molar-refractivity contribution >= 4 is 21.6 Å². The highest BCUT2D eigenvalue weighted by Crippen LogP contribution is 2.29. The summed E-state index contributed by atoms with van der Waals surface area (Å²) in [7, 11) is 0. The van der Waals surface area contributed by atoms with Crippen molar-refractivity contribution in [2.45, 2.75) is 6.61 Å². The van der Waals surface area contributed by atoms with Crippen molar-refractivity contribution in [3.8, 4) is 5.75 Å². The SMILES string of the molecule is Nc1cc(Br)c(OCc2ccccc2)cc1F. The fourth-order valence-corrected chi connectivity index (χ4v) is 1.87. The van der Waals surface area contributed by atoms with Gasteiger partial charge in [-0.3, -0.25) is 0 Å². The molecule has 0 heterocycles. The van der Waals surface area contributed by atoms with Crippen LogP contribution in [0.4, 0.5) is 10.1 Å². The Morgan fingerprint density at radius 2 is 1.88 bits per heavy atom. The number of hydrogen-bond acceptors (Lipinski definition) is 2. The summed E-state index contributed by atoms with van der Waals surface area (Å²) in [6, 6.07) is 12.5. The second-order valence-electron chi connectivity index (χ2n) is 3.58. The molecular formula is C13H11BrFNO. The number of halogens is 2. The third kappa shape index (κ3) is 2.97. The Balaban J connectivity index is 2.12. The first kappa shape index (κ1) is 11.9. The molecule has 0 bridgehead atoms. The number of hydrogen-bond donors (Lipinski definition) is 1. The Morgan fingerprint density at radius 3 is 2.59 bits per heavy atom. The van der Waals surface area contributed by atoms with E-state index in [1.165, 1.54) is 12.1 Å². The minimum absolute atomic E-state index is 0.101. The van der Waals surface area contributed by atoms with E-state index in [0.717, 1.165) is 5.56 Å². The average Bonchev–Trinajstić information content (AvgIpc) is 2.33. The maximum atomic E-state index is 13.3. The molecule has 0 radical (unpaired) electrons. The highest BCUT2D eigenvalue weighted by atomic mass is 79.9. The lowest BCUT2D eigenvalue weighted by Crippen LogP contribution is -1.98.